The Hall–Kier alpha value is -2.00. The first-order valence-electron chi connectivity index (χ1n) is 22.6. The monoisotopic (exact) mass is 792 g/mol. The number of aliphatic hydroxyl groups is 2. The maximum Gasteiger partial charge on any atom is 0.267 e. The maximum atomic E-state index is 12.6. The summed E-state index contributed by atoms with van der Waals surface area (Å²) in [6.07, 6.45) is 52.8. The van der Waals surface area contributed by atoms with E-state index >= 15 is 0 Å². The minimum absolute atomic E-state index is 0.257. The van der Waals surface area contributed by atoms with Crippen LogP contribution in [-0.4, -0.2) is 53.1 Å². The summed E-state index contributed by atoms with van der Waals surface area (Å²) >= 11 is 0. The summed E-state index contributed by atoms with van der Waals surface area (Å²) in [6, 6.07) is -1.26. The molecule has 3 unspecified atom stereocenters. The van der Waals surface area contributed by atoms with E-state index in [2.05, 4.69) is 67.8 Å². The number of rotatable bonds is 40. The summed E-state index contributed by atoms with van der Waals surface area (Å²) in [5.41, 5.74) is 0. The Morgan fingerprint density at radius 2 is 0.873 bits per heavy atom. The first-order valence-corrected chi connectivity index (χ1v) is 24.2. The molecule has 4 N–H and O–H groups in total. The fraction of sp³-hybridized carbons (Fsp3) is 0.766. The summed E-state index contributed by atoms with van der Waals surface area (Å²) in [7, 11) is -4.46. The summed E-state index contributed by atoms with van der Waals surface area (Å²) in [4.78, 5) is 12.6. The molecule has 0 saturated heterocycles. The van der Waals surface area contributed by atoms with Crippen LogP contribution in [0.25, 0.3) is 0 Å². The van der Waals surface area contributed by atoms with E-state index < -0.39 is 40.0 Å². The van der Waals surface area contributed by atoms with Gasteiger partial charge in [0.1, 0.15) is 6.10 Å². The number of amides is 1. The van der Waals surface area contributed by atoms with Gasteiger partial charge in [-0.25, -0.2) is 0 Å². The minimum Gasteiger partial charge on any atom is -0.387 e. The Balaban J connectivity index is 4.06. The Labute approximate surface area is 339 Å². The molecule has 0 rings (SSSR count). The predicted octanol–water partition coefficient (Wildman–Crippen LogP) is 12.6. The standard InChI is InChI=1S/C47H85NO6S/c1-3-5-7-9-11-13-15-17-19-21-22-23-24-25-26-28-30-32-34-36-38-40-42-46(50)47(51)48-44(43-55(52,53)54)45(49)41-39-37-35-33-31-29-27-20-18-16-14-12-10-8-6-4-2/h18,20,22-23,25-26,31,33,39,41,44-46,49-50H,3-17,19,21,24,27-30,32,34-38,40,42-43H2,1-2H3,(H,48,51)(H,52,53,54)/b20-18+,23-22-,26-25-,33-31+,41-39+. The average molecular weight is 792 g/mol. The number of carbonyl (C=O) groups excluding carboxylic acids is 1. The van der Waals surface area contributed by atoms with Crippen molar-refractivity contribution < 1.29 is 28.0 Å². The zero-order chi connectivity index (χ0) is 40.5. The summed E-state index contributed by atoms with van der Waals surface area (Å²) < 4.78 is 32.6. The van der Waals surface area contributed by atoms with Crippen molar-refractivity contribution in [3.63, 3.8) is 0 Å². The molecule has 1 amide bonds. The van der Waals surface area contributed by atoms with Gasteiger partial charge in [-0.1, -0.05) is 190 Å². The summed E-state index contributed by atoms with van der Waals surface area (Å²) in [6.45, 7) is 4.51. The Bertz CT molecular complexity index is 1110. The zero-order valence-electron chi connectivity index (χ0n) is 35.4. The Morgan fingerprint density at radius 1 is 0.509 bits per heavy atom. The van der Waals surface area contributed by atoms with Crippen molar-refractivity contribution in [1.82, 2.24) is 5.32 Å². The van der Waals surface area contributed by atoms with E-state index in [1.54, 1.807) is 6.08 Å². The highest BCUT2D eigenvalue weighted by Gasteiger charge is 2.27. The Kier molecular flexibility index (Phi) is 38.7. The second-order valence-electron chi connectivity index (χ2n) is 15.4. The molecule has 8 heteroatoms. The van der Waals surface area contributed by atoms with Crippen LogP contribution in [0.5, 0.6) is 0 Å². The number of aliphatic hydroxyl groups excluding tert-OH is 2. The molecule has 0 aromatic heterocycles. The van der Waals surface area contributed by atoms with Crippen LogP contribution in [0.2, 0.25) is 0 Å². The topological polar surface area (TPSA) is 124 Å². The van der Waals surface area contributed by atoms with E-state index in [-0.39, 0.29) is 6.42 Å². The molecule has 0 radical (unpaired) electrons. The lowest BCUT2D eigenvalue weighted by molar-refractivity contribution is -0.130. The van der Waals surface area contributed by atoms with Gasteiger partial charge < -0.3 is 15.5 Å². The third-order valence-corrected chi connectivity index (χ3v) is 10.8. The molecule has 0 aliphatic heterocycles. The van der Waals surface area contributed by atoms with Gasteiger partial charge in [0.25, 0.3) is 10.1 Å². The van der Waals surface area contributed by atoms with Gasteiger partial charge in [-0.2, -0.15) is 8.42 Å². The highest BCUT2D eigenvalue weighted by atomic mass is 32.2. The van der Waals surface area contributed by atoms with Crippen LogP contribution in [-0.2, 0) is 14.9 Å². The highest BCUT2D eigenvalue weighted by Crippen LogP contribution is 2.13. The van der Waals surface area contributed by atoms with Gasteiger partial charge >= 0.3 is 0 Å². The van der Waals surface area contributed by atoms with E-state index in [1.807, 2.05) is 0 Å². The van der Waals surface area contributed by atoms with Gasteiger partial charge in [0.2, 0.25) is 5.91 Å². The lowest BCUT2D eigenvalue weighted by Gasteiger charge is -2.22. The largest absolute Gasteiger partial charge is 0.387 e. The molecule has 0 spiro atoms. The number of hydrogen-bond donors (Lipinski definition) is 4. The second-order valence-corrected chi connectivity index (χ2v) is 16.9. The van der Waals surface area contributed by atoms with Crippen molar-refractivity contribution in [1.29, 1.82) is 0 Å². The van der Waals surface area contributed by atoms with Crippen molar-refractivity contribution in [3.8, 4) is 0 Å². The van der Waals surface area contributed by atoms with Gasteiger partial charge in [-0.3, -0.25) is 9.35 Å². The smallest absolute Gasteiger partial charge is 0.267 e. The first-order chi connectivity index (χ1) is 26.7. The number of hydrogen-bond acceptors (Lipinski definition) is 5. The first kappa shape index (κ1) is 53.0. The number of allylic oxidation sites excluding steroid dienone is 9. The normalized spacial score (nSPS) is 14.3. The molecular formula is C47H85NO6S. The fourth-order valence-electron chi connectivity index (χ4n) is 6.52. The number of carbonyl (C=O) groups is 1. The molecule has 0 saturated carbocycles. The molecule has 0 bridgehead atoms. The van der Waals surface area contributed by atoms with E-state index in [0.29, 0.717) is 12.8 Å². The third-order valence-electron chi connectivity index (χ3n) is 10.0. The molecule has 0 aromatic carbocycles. The predicted molar refractivity (Wildman–Crippen MR) is 236 cm³/mol. The quantitative estimate of drug-likeness (QED) is 0.0278. The fourth-order valence-corrected chi connectivity index (χ4v) is 7.25. The molecule has 55 heavy (non-hydrogen) atoms. The highest BCUT2D eigenvalue weighted by molar-refractivity contribution is 7.85. The number of unbranched alkanes of at least 4 members (excludes halogenated alkanes) is 23. The van der Waals surface area contributed by atoms with Crippen LogP contribution in [0.15, 0.2) is 60.8 Å². The van der Waals surface area contributed by atoms with Crippen LogP contribution >= 0.6 is 0 Å². The molecule has 7 nitrogen and oxygen atoms in total. The van der Waals surface area contributed by atoms with Gasteiger partial charge in [0, 0.05) is 0 Å². The van der Waals surface area contributed by atoms with Crippen molar-refractivity contribution >= 4 is 16.0 Å². The van der Waals surface area contributed by atoms with Crippen molar-refractivity contribution in [2.75, 3.05) is 5.75 Å². The SMILES string of the molecule is CCCCCCCC/C=C/CC/C=C/CC/C=C/C(O)C(CS(=O)(=O)O)NC(=O)C(O)CCCCCCCC/C=C\C/C=C\CCCCCCCCCCC. The van der Waals surface area contributed by atoms with Gasteiger partial charge in [-0.05, 0) is 77.0 Å². The average Bonchev–Trinajstić information content (AvgIpc) is 3.15. The van der Waals surface area contributed by atoms with Gasteiger partial charge in [-0.15, -0.1) is 0 Å². The molecule has 0 aliphatic carbocycles. The lowest BCUT2D eigenvalue weighted by atomic mass is 10.0. The van der Waals surface area contributed by atoms with Crippen LogP contribution in [0, 0.1) is 0 Å². The van der Waals surface area contributed by atoms with Crippen LogP contribution < -0.4 is 5.32 Å². The molecule has 0 heterocycles. The van der Waals surface area contributed by atoms with Crippen LogP contribution in [0.4, 0.5) is 0 Å². The van der Waals surface area contributed by atoms with Crippen molar-refractivity contribution in [3.05, 3.63) is 60.8 Å². The molecule has 320 valence electrons. The van der Waals surface area contributed by atoms with E-state index in [4.69, 9.17) is 0 Å². The molecule has 0 aliphatic rings. The van der Waals surface area contributed by atoms with Crippen LogP contribution in [0.1, 0.15) is 206 Å². The summed E-state index contributed by atoms with van der Waals surface area (Å²) in [5.74, 6) is -1.58. The zero-order valence-corrected chi connectivity index (χ0v) is 36.2. The molecule has 0 aromatic rings. The van der Waals surface area contributed by atoms with E-state index in [1.165, 1.54) is 109 Å². The molecule has 0 fully saturated rings. The molecular weight excluding hydrogens is 707 g/mol. The molecule has 3 atom stereocenters. The van der Waals surface area contributed by atoms with Gasteiger partial charge in [0.15, 0.2) is 0 Å². The van der Waals surface area contributed by atoms with E-state index in [0.717, 1.165) is 70.6 Å². The van der Waals surface area contributed by atoms with Crippen molar-refractivity contribution in [2.24, 2.45) is 0 Å². The third kappa shape index (κ3) is 40.0. The number of nitrogens with one attached hydrogen (secondary N) is 1. The second kappa shape index (κ2) is 40.2. The van der Waals surface area contributed by atoms with Crippen molar-refractivity contribution in [2.45, 2.75) is 225 Å². The lowest BCUT2D eigenvalue weighted by Crippen LogP contribution is -2.50. The Morgan fingerprint density at radius 3 is 1.31 bits per heavy atom. The summed E-state index contributed by atoms with van der Waals surface area (Å²) in [5, 5.41) is 23.4. The van der Waals surface area contributed by atoms with E-state index in [9.17, 15) is 28.0 Å². The minimum atomic E-state index is -4.46. The maximum absolute atomic E-state index is 12.6. The van der Waals surface area contributed by atoms with Crippen LogP contribution in [0.3, 0.4) is 0 Å². The van der Waals surface area contributed by atoms with Gasteiger partial charge in [0.05, 0.1) is 17.9 Å².